The van der Waals surface area contributed by atoms with E-state index in [0.29, 0.717) is 0 Å². The van der Waals surface area contributed by atoms with Gasteiger partial charge in [-0.2, -0.15) is 0 Å². The topological polar surface area (TPSA) is 9.23 Å². The smallest absolute Gasteiger partial charge is 0.126 e. The van der Waals surface area contributed by atoms with Gasteiger partial charge in [0.05, 0.1) is 7.11 Å². The summed E-state index contributed by atoms with van der Waals surface area (Å²) in [5.74, 6) is 2.57. The van der Waals surface area contributed by atoms with Gasteiger partial charge < -0.3 is 4.74 Å². The molecule has 32 heavy (non-hydrogen) atoms. The predicted molar refractivity (Wildman–Crippen MR) is 137 cm³/mol. The van der Waals surface area contributed by atoms with Gasteiger partial charge in [0.1, 0.15) is 5.75 Å². The molecule has 1 nitrogen and oxygen atoms in total. The third-order valence-corrected chi connectivity index (χ3v) is 8.17. The first-order chi connectivity index (χ1) is 15.0. The van der Waals surface area contributed by atoms with Crippen LogP contribution in [-0.4, -0.2) is 7.11 Å². The molecular formula is C31H40O. The first-order valence-corrected chi connectivity index (χ1v) is 12.6. The van der Waals surface area contributed by atoms with Crippen LogP contribution in [0.5, 0.6) is 5.75 Å². The first-order valence-electron chi connectivity index (χ1n) is 12.6. The van der Waals surface area contributed by atoms with Gasteiger partial charge in [-0.15, -0.1) is 0 Å². The molecule has 0 unspecified atom stereocenters. The number of hydrogen-bond donors (Lipinski definition) is 0. The quantitative estimate of drug-likeness (QED) is 0.465. The van der Waals surface area contributed by atoms with E-state index in [1.807, 2.05) is 7.11 Å². The van der Waals surface area contributed by atoms with Crippen LogP contribution in [0, 0.1) is 0 Å². The minimum absolute atomic E-state index is 0.0204. The number of rotatable bonds is 2. The summed E-state index contributed by atoms with van der Waals surface area (Å²) in [4.78, 5) is 0. The lowest BCUT2D eigenvalue weighted by Gasteiger charge is -2.41. The molecule has 0 N–H and O–H groups in total. The molecule has 0 aromatic heterocycles. The van der Waals surface area contributed by atoms with E-state index in [-0.39, 0.29) is 10.8 Å². The highest BCUT2D eigenvalue weighted by Gasteiger charge is 2.38. The Hall–Kier alpha value is -2.02. The molecule has 0 saturated heterocycles. The highest BCUT2D eigenvalue weighted by atomic mass is 16.5. The fraction of sp³-hybridized carbons (Fsp3) is 0.548. The number of methoxy groups -OCH3 is 1. The van der Waals surface area contributed by atoms with Crippen LogP contribution in [0.3, 0.4) is 0 Å². The van der Waals surface area contributed by atoms with E-state index in [2.05, 4.69) is 72.7 Å². The largest absolute Gasteiger partial charge is 0.496 e. The molecule has 0 aliphatic heterocycles. The summed E-state index contributed by atoms with van der Waals surface area (Å²) in [5, 5.41) is 0. The standard InChI is InChI=1S/C31H40O/c1-18-13-21-15-24-19-9-11-20(12-10-19)27(24)28(23(21)14-18)22-16-25(30(2,3)4)29(32-8)26(17-22)31(5,6)7/h13,15-17,19-20H,9-12,14H2,1-8H3. The summed E-state index contributed by atoms with van der Waals surface area (Å²) in [6, 6.07) is 7.51. The van der Waals surface area contributed by atoms with Crippen molar-refractivity contribution in [1.29, 1.82) is 0 Å². The highest BCUT2D eigenvalue weighted by molar-refractivity contribution is 5.83. The van der Waals surface area contributed by atoms with Crippen molar-refractivity contribution >= 4 is 6.08 Å². The Kier molecular flexibility index (Phi) is 4.93. The fourth-order valence-corrected chi connectivity index (χ4v) is 6.61. The van der Waals surface area contributed by atoms with E-state index in [0.717, 1.165) is 24.0 Å². The molecular weight excluding hydrogens is 388 g/mol. The maximum absolute atomic E-state index is 6.08. The molecule has 1 fully saturated rings. The molecule has 2 aromatic carbocycles. The van der Waals surface area contributed by atoms with E-state index in [9.17, 15) is 0 Å². The van der Waals surface area contributed by atoms with Crippen molar-refractivity contribution in [3.8, 4) is 16.9 Å². The summed E-state index contributed by atoms with van der Waals surface area (Å²) >= 11 is 0. The maximum Gasteiger partial charge on any atom is 0.126 e. The second kappa shape index (κ2) is 7.24. The number of ether oxygens (including phenoxy) is 1. The Morgan fingerprint density at radius 1 is 0.812 bits per heavy atom. The van der Waals surface area contributed by atoms with Crippen LogP contribution < -0.4 is 4.74 Å². The molecule has 2 aromatic rings. The lowest BCUT2D eigenvalue weighted by Crippen LogP contribution is -2.24. The van der Waals surface area contributed by atoms with Gasteiger partial charge in [-0.1, -0.05) is 59.3 Å². The summed E-state index contributed by atoms with van der Waals surface area (Å²) < 4.78 is 6.08. The highest BCUT2D eigenvalue weighted by Crippen LogP contribution is 2.55. The monoisotopic (exact) mass is 428 g/mol. The third-order valence-electron chi connectivity index (χ3n) is 8.17. The molecule has 1 saturated carbocycles. The Labute approximate surface area is 195 Å². The Bertz CT molecular complexity index is 1070. The summed E-state index contributed by atoms with van der Waals surface area (Å²) in [6.45, 7) is 16.2. The van der Waals surface area contributed by atoms with Crippen LogP contribution in [-0.2, 0) is 17.3 Å². The van der Waals surface area contributed by atoms with Crippen LogP contribution >= 0.6 is 0 Å². The summed E-state index contributed by atoms with van der Waals surface area (Å²) in [6.07, 6.45) is 9.02. The summed E-state index contributed by atoms with van der Waals surface area (Å²) in [5.41, 5.74) is 13.6. The number of hydrogen-bond acceptors (Lipinski definition) is 1. The van der Waals surface area contributed by atoms with E-state index >= 15 is 0 Å². The molecule has 0 heterocycles. The molecule has 0 spiro atoms. The van der Waals surface area contributed by atoms with Crippen molar-refractivity contribution < 1.29 is 4.74 Å². The van der Waals surface area contributed by atoms with Crippen LogP contribution in [0.15, 0.2) is 23.8 Å². The molecule has 0 atom stereocenters. The lowest BCUT2D eigenvalue weighted by molar-refractivity contribution is 0.359. The van der Waals surface area contributed by atoms with Gasteiger partial charge >= 0.3 is 0 Å². The minimum atomic E-state index is 0.0204. The molecule has 1 heteroatoms. The number of fused-ring (bicyclic) bond motifs is 3. The number of allylic oxidation sites excluding steroid dienone is 1. The predicted octanol–water partition coefficient (Wildman–Crippen LogP) is 8.67. The minimum Gasteiger partial charge on any atom is -0.496 e. The van der Waals surface area contributed by atoms with Crippen molar-refractivity contribution in [1.82, 2.24) is 0 Å². The average molecular weight is 429 g/mol. The Morgan fingerprint density at radius 3 is 1.91 bits per heavy atom. The van der Waals surface area contributed by atoms with Gasteiger partial charge in [0.2, 0.25) is 0 Å². The molecule has 4 aliphatic carbocycles. The molecule has 2 bridgehead atoms. The molecule has 6 rings (SSSR count). The molecule has 0 radical (unpaired) electrons. The third kappa shape index (κ3) is 3.35. The van der Waals surface area contributed by atoms with Crippen LogP contribution in [0.25, 0.3) is 17.2 Å². The second-order valence-corrected chi connectivity index (χ2v) is 12.6. The van der Waals surface area contributed by atoms with Crippen molar-refractivity contribution in [2.75, 3.05) is 7.11 Å². The van der Waals surface area contributed by atoms with E-state index in [1.165, 1.54) is 53.5 Å². The van der Waals surface area contributed by atoms with Crippen molar-refractivity contribution in [3.63, 3.8) is 0 Å². The van der Waals surface area contributed by atoms with Crippen LogP contribution in [0.1, 0.15) is 119 Å². The molecule has 0 amide bonds. The van der Waals surface area contributed by atoms with Gasteiger partial charge in [-0.05, 0) is 107 Å². The zero-order chi connectivity index (χ0) is 23.0. The Balaban J connectivity index is 1.86. The van der Waals surface area contributed by atoms with Crippen molar-refractivity contribution in [2.24, 2.45) is 0 Å². The zero-order valence-corrected chi connectivity index (χ0v) is 21.4. The van der Waals surface area contributed by atoms with Crippen molar-refractivity contribution in [2.45, 2.75) is 103 Å². The van der Waals surface area contributed by atoms with Gasteiger partial charge in [0, 0.05) is 11.1 Å². The van der Waals surface area contributed by atoms with Gasteiger partial charge in [0.25, 0.3) is 0 Å². The lowest BCUT2D eigenvalue weighted by atomic mass is 9.64. The first kappa shape index (κ1) is 21.8. The van der Waals surface area contributed by atoms with Crippen molar-refractivity contribution in [3.05, 3.63) is 57.2 Å². The van der Waals surface area contributed by atoms with Gasteiger partial charge in [0.15, 0.2) is 0 Å². The maximum atomic E-state index is 6.08. The fourth-order valence-electron chi connectivity index (χ4n) is 6.61. The van der Waals surface area contributed by atoms with Gasteiger partial charge in [-0.3, -0.25) is 0 Å². The van der Waals surface area contributed by atoms with Crippen LogP contribution in [0.4, 0.5) is 0 Å². The molecule has 4 aliphatic rings. The SMILES string of the molecule is COc1c(C(C)(C)C)cc(-c2c3c(cc4c2C2CCC4CC2)C=C(C)C3)cc1C(C)(C)C. The van der Waals surface area contributed by atoms with E-state index < -0.39 is 0 Å². The van der Waals surface area contributed by atoms with Crippen LogP contribution in [0.2, 0.25) is 0 Å². The Morgan fingerprint density at radius 2 is 1.38 bits per heavy atom. The van der Waals surface area contributed by atoms with E-state index in [1.54, 1.807) is 22.3 Å². The summed E-state index contributed by atoms with van der Waals surface area (Å²) in [7, 11) is 1.84. The zero-order valence-electron chi connectivity index (χ0n) is 21.4. The average Bonchev–Trinajstić information content (AvgIpc) is 3.10. The number of benzene rings is 2. The molecule has 170 valence electrons. The second-order valence-electron chi connectivity index (χ2n) is 12.6. The van der Waals surface area contributed by atoms with E-state index in [4.69, 9.17) is 4.74 Å². The van der Waals surface area contributed by atoms with Gasteiger partial charge in [-0.25, -0.2) is 0 Å². The normalized spacial score (nSPS) is 21.9.